The van der Waals surface area contributed by atoms with Gasteiger partial charge in [0, 0.05) is 24.7 Å². The molecule has 4 aliphatic carbocycles. The highest BCUT2D eigenvalue weighted by Crippen LogP contribution is 2.65. The van der Waals surface area contributed by atoms with Crippen molar-refractivity contribution in [2.24, 2.45) is 46.3 Å². The van der Waals surface area contributed by atoms with Crippen LogP contribution in [0.25, 0.3) is 0 Å². The van der Waals surface area contributed by atoms with Crippen molar-refractivity contribution in [3.63, 3.8) is 0 Å². The molecule has 0 bridgehead atoms. The molecule has 4 saturated carbocycles. The summed E-state index contributed by atoms with van der Waals surface area (Å²) < 4.78 is 0. The number of fused-ring (bicyclic) bond motifs is 5. The monoisotopic (exact) mass is 445 g/mol. The molecule has 1 heteroatoms. The molecule has 8 atom stereocenters. The molecule has 0 radical (unpaired) electrons. The minimum absolute atomic E-state index is 0.576. The Kier molecular flexibility index (Phi) is 5.50. The van der Waals surface area contributed by atoms with Gasteiger partial charge in [-0.2, -0.15) is 0 Å². The van der Waals surface area contributed by atoms with Gasteiger partial charge in [0.05, 0.1) is 0 Å². The predicted molar refractivity (Wildman–Crippen MR) is 139 cm³/mol. The lowest BCUT2D eigenvalue weighted by molar-refractivity contribution is -0.0773. The van der Waals surface area contributed by atoms with Crippen molar-refractivity contribution >= 4 is 0 Å². The van der Waals surface area contributed by atoms with Gasteiger partial charge in [0.25, 0.3) is 0 Å². The molecule has 1 aromatic carbocycles. The molecule has 1 nitrogen and oxygen atoms in total. The summed E-state index contributed by atoms with van der Waals surface area (Å²) in [6.45, 7) is 14.8. The lowest BCUT2D eigenvalue weighted by Gasteiger charge is -2.57. The van der Waals surface area contributed by atoms with E-state index in [1.54, 1.807) is 6.42 Å². The van der Waals surface area contributed by atoms with E-state index in [0.29, 0.717) is 16.7 Å². The van der Waals surface area contributed by atoms with Crippen molar-refractivity contribution in [2.75, 3.05) is 13.1 Å². The van der Waals surface area contributed by atoms with Crippen LogP contribution >= 0.6 is 0 Å². The van der Waals surface area contributed by atoms with Crippen molar-refractivity contribution in [3.05, 3.63) is 48.2 Å². The van der Waals surface area contributed by atoms with Crippen molar-refractivity contribution in [2.45, 2.75) is 90.9 Å². The zero-order valence-electron chi connectivity index (χ0n) is 21.6. The van der Waals surface area contributed by atoms with Gasteiger partial charge < -0.3 is 4.90 Å². The minimum atomic E-state index is 0.576. The quantitative estimate of drug-likeness (QED) is 0.452. The Hall–Kier alpha value is -1.24. The zero-order valence-corrected chi connectivity index (χ0v) is 21.6. The second-order valence-corrected chi connectivity index (χ2v) is 13.9. The molecular weight excluding hydrogens is 398 g/mol. The van der Waals surface area contributed by atoms with Crippen molar-refractivity contribution < 1.29 is 0 Å². The largest absolute Gasteiger partial charge is 0.374 e. The summed E-state index contributed by atoms with van der Waals surface area (Å²) in [4.78, 5) is 2.70. The highest BCUT2D eigenvalue weighted by Gasteiger charge is 2.57. The van der Waals surface area contributed by atoms with Gasteiger partial charge in [-0.15, -0.1) is 0 Å². The molecule has 8 unspecified atom stereocenters. The first-order chi connectivity index (χ1) is 15.8. The van der Waals surface area contributed by atoms with E-state index in [2.05, 4.69) is 62.6 Å². The van der Waals surface area contributed by atoms with E-state index < -0.39 is 0 Å². The average Bonchev–Trinajstić information content (AvgIpc) is 3.33. The van der Waals surface area contributed by atoms with Gasteiger partial charge in [-0.3, -0.25) is 0 Å². The lowest BCUT2D eigenvalue weighted by atomic mass is 9.48. The normalized spacial score (nSPS) is 44.3. The Labute approximate surface area is 203 Å². The number of rotatable bonds is 3. The number of hydrogen-bond acceptors (Lipinski definition) is 1. The van der Waals surface area contributed by atoms with Crippen molar-refractivity contribution in [1.82, 2.24) is 4.90 Å². The Bertz CT molecular complexity index is 870. The van der Waals surface area contributed by atoms with Crippen LogP contribution in [0.5, 0.6) is 0 Å². The molecule has 1 aromatic rings. The fraction of sp³-hybridized carbons (Fsp3) is 0.750. The van der Waals surface area contributed by atoms with Crippen LogP contribution in [-0.2, 0) is 0 Å². The number of hydrogen-bond donors (Lipinski definition) is 0. The second-order valence-electron chi connectivity index (χ2n) is 13.9. The maximum Gasteiger partial charge on any atom is 0.0247 e. The Morgan fingerprint density at radius 3 is 2.48 bits per heavy atom. The number of allylic oxidation sites excluding steroid dienone is 1. The molecule has 1 aliphatic heterocycles. The van der Waals surface area contributed by atoms with Gasteiger partial charge in [-0.05, 0) is 116 Å². The first-order valence-corrected chi connectivity index (χ1v) is 14.3. The highest BCUT2D eigenvalue weighted by molar-refractivity contribution is 5.25. The maximum atomic E-state index is 4.53. The van der Waals surface area contributed by atoms with Gasteiger partial charge >= 0.3 is 0 Å². The Morgan fingerprint density at radius 2 is 1.67 bits per heavy atom. The number of nitrogens with zero attached hydrogens (tertiary/aromatic N) is 1. The highest BCUT2D eigenvalue weighted by atomic mass is 15.2. The Balaban J connectivity index is 1.14. The number of benzene rings is 1. The van der Waals surface area contributed by atoms with Crippen LogP contribution in [-0.4, -0.2) is 18.0 Å². The van der Waals surface area contributed by atoms with Crippen LogP contribution in [0.15, 0.2) is 42.6 Å². The third kappa shape index (κ3) is 3.81. The van der Waals surface area contributed by atoms with Gasteiger partial charge in [0.2, 0.25) is 0 Å². The lowest BCUT2D eigenvalue weighted by Crippen LogP contribution is -2.50. The molecule has 5 aliphatic rings. The van der Waals surface area contributed by atoms with Crippen LogP contribution in [0.3, 0.4) is 0 Å². The molecular formula is C32H47N. The summed E-state index contributed by atoms with van der Waals surface area (Å²) >= 11 is 0. The molecule has 0 N–H and O–H groups in total. The third-order valence-corrected chi connectivity index (χ3v) is 11.8. The maximum absolute atomic E-state index is 4.53. The minimum Gasteiger partial charge on any atom is -0.374 e. The molecule has 1 heterocycles. The van der Waals surface area contributed by atoms with E-state index in [1.165, 1.54) is 75.7 Å². The number of likely N-dealkylation sites (tertiary alicyclic amines) is 1. The summed E-state index contributed by atoms with van der Waals surface area (Å²) in [5, 5.41) is 0. The van der Waals surface area contributed by atoms with Gasteiger partial charge in [0.15, 0.2) is 0 Å². The van der Waals surface area contributed by atoms with E-state index in [9.17, 15) is 0 Å². The summed E-state index contributed by atoms with van der Waals surface area (Å²) in [5.41, 5.74) is 4.08. The molecule has 5 fully saturated rings. The smallest absolute Gasteiger partial charge is 0.0247 e. The van der Waals surface area contributed by atoms with Crippen molar-refractivity contribution in [3.8, 4) is 0 Å². The fourth-order valence-corrected chi connectivity index (χ4v) is 10.0. The topological polar surface area (TPSA) is 3.24 Å². The van der Waals surface area contributed by atoms with Crippen LogP contribution in [0.2, 0.25) is 0 Å². The van der Waals surface area contributed by atoms with Crippen LogP contribution in [0, 0.1) is 46.3 Å². The molecule has 0 aromatic heterocycles. The molecule has 1 saturated heterocycles. The predicted octanol–water partition coefficient (Wildman–Crippen LogP) is 8.28. The molecule has 0 spiro atoms. The standard InChI is InChI=1S/C32H47N/c1-22-18-25(23-8-6-5-7-9-23)20-33(22)21-26-11-13-30-29-12-10-24-19-31(2,3)16-14-27(24)28(29)15-17-32(26,30)4/h5-9,24-30H,1,10-21H2,2-4H3. The van der Waals surface area contributed by atoms with Crippen LogP contribution < -0.4 is 0 Å². The second kappa shape index (κ2) is 8.17. The first-order valence-electron chi connectivity index (χ1n) is 14.3. The summed E-state index contributed by atoms with van der Waals surface area (Å²) in [6.07, 6.45) is 14.7. The molecule has 180 valence electrons. The van der Waals surface area contributed by atoms with Crippen LogP contribution in [0.1, 0.15) is 96.5 Å². The molecule has 0 amide bonds. The van der Waals surface area contributed by atoms with Crippen LogP contribution in [0.4, 0.5) is 0 Å². The fourth-order valence-electron chi connectivity index (χ4n) is 10.0. The zero-order chi connectivity index (χ0) is 22.8. The molecule has 6 rings (SSSR count). The SMILES string of the molecule is C=C1CC(c2ccccc2)CN1CC1CCC2C3CCC4CC(C)(C)CCC4C3CCC12C. The molecule has 33 heavy (non-hydrogen) atoms. The van der Waals surface area contributed by atoms with E-state index >= 15 is 0 Å². The van der Waals surface area contributed by atoms with E-state index in [-0.39, 0.29) is 0 Å². The van der Waals surface area contributed by atoms with E-state index in [4.69, 9.17) is 0 Å². The Morgan fingerprint density at radius 1 is 0.879 bits per heavy atom. The third-order valence-electron chi connectivity index (χ3n) is 11.8. The first kappa shape index (κ1) is 22.2. The van der Waals surface area contributed by atoms with Gasteiger partial charge in [-0.1, -0.05) is 57.7 Å². The van der Waals surface area contributed by atoms with E-state index in [1.807, 2.05) is 0 Å². The van der Waals surface area contributed by atoms with Gasteiger partial charge in [0.1, 0.15) is 0 Å². The average molecular weight is 446 g/mol. The van der Waals surface area contributed by atoms with Gasteiger partial charge in [-0.25, -0.2) is 0 Å². The summed E-state index contributed by atoms with van der Waals surface area (Å²) in [7, 11) is 0. The van der Waals surface area contributed by atoms with Crippen molar-refractivity contribution in [1.29, 1.82) is 0 Å². The summed E-state index contributed by atoms with van der Waals surface area (Å²) in [6, 6.07) is 11.2. The summed E-state index contributed by atoms with van der Waals surface area (Å²) in [5.74, 6) is 6.71. The van der Waals surface area contributed by atoms with E-state index in [0.717, 1.165) is 41.9 Å².